The fourth-order valence-electron chi connectivity index (χ4n) is 1.71. The van der Waals surface area contributed by atoms with E-state index < -0.39 is 0 Å². The van der Waals surface area contributed by atoms with E-state index in [1.165, 1.54) is 0 Å². The Hall–Kier alpha value is -2.54. The van der Waals surface area contributed by atoms with Crippen LogP contribution in [0.2, 0.25) is 0 Å². The van der Waals surface area contributed by atoms with Gasteiger partial charge in [0.2, 0.25) is 0 Å². The minimum Gasteiger partial charge on any atom is -0.399 e. The maximum atomic E-state index is 9.00. The van der Waals surface area contributed by atoms with Crippen molar-refractivity contribution in [2.45, 2.75) is 13.0 Å². The number of benzene rings is 1. The van der Waals surface area contributed by atoms with E-state index in [0.29, 0.717) is 5.56 Å². The lowest BCUT2D eigenvalue weighted by Gasteiger charge is -2.16. The largest absolute Gasteiger partial charge is 0.399 e. The summed E-state index contributed by atoms with van der Waals surface area (Å²) in [5.74, 6) is 0. The Morgan fingerprint density at radius 3 is 2.67 bits per heavy atom. The van der Waals surface area contributed by atoms with Crippen LogP contribution in [0, 0.1) is 11.3 Å². The molecule has 4 heteroatoms. The molecule has 1 aromatic heterocycles. The summed E-state index contributed by atoms with van der Waals surface area (Å²) in [6.07, 6.45) is 3.27. The highest BCUT2D eigenvalue weighted by atomic mass is 14.9. The SMILES string of the molecule is CC(Nc1cnccc1C#N)c1ccc(N)cc1. The maximum absolute atomic E-state index is 9.00. The summed E-state index contributed by atoms with van der Waals surface area (Å²) in [6.45, 7) is 2.03. The molecule has 0 amide bonds. The first-order chi connectivity index (χ1) is 8.70. The van der Waals surface area contributed by atoms with Crippen LogP contribution in [0.25, 0.3) is 0 Å². The Kier molecular flexibility index (Phi) is 3.44. The van der Waals surface area contributed by atoms with Crippen LogP contribution in [0.5, 0.6) is 0 Å². The van der Waals surface area contributed by atoms with E-state index in [4.69, 9.17) is 11.0 Å². The average Bonchev–Trinajstić information content (AvgIpc) is 2.40. The molecule has 0 bridgehead atoms. The van der Waals surface area contributed by atoms with Gasteiger partial charge in [-0.2, -0.15) is 5.26 Å². The Morgan fingerprint density at radius 1 is 1.28 bits per heavy atom. The molecule has 2 aromatic rings. The van der Waals surface area contributed by atoms with Gasteiger partial charge in [-0.3, -0.25) is 4.98 Å². The molecular weight excluding hydrogens is 224 g/mol. The van der Waals surface area contributed by atoms with E-state index >= 15 is 0 Å². The van der Waals surface area contributed by atoms with Gasteiger partial charge in [-0.25, -0.2) is 0 Å². The standard InChI is InChI=1S/C14H14N4/c1-10(11-2-4-13(16)5-3-11)18-14-9-17-7-6-12(14)8-15/h2-7,9-10,18H,16H2,1H3. The van der Waals surface area contributed by atoms with Crippen LogP contribution in [-0.2, 0) is 0 Å². The van der Waals surface area contributed by atoms with Gasteiger partial charge >= 0.3 is 0 Å². The van der Waals surface area contributed by atoms with Crippen LogP contribution in [0.1, 0.15) is 24.1 Å². The monoisotopic (exact) mass is 238 g/mol. The second-order valence-corrected chi connectivity index (χ2v) is 4.07. The van der Waals surface area contributed by atoms with Gasteiger partial charge in [-0.05, 0) is 30.7 Å². The van der Waals surface area contributed by atoms with Crippen LogP contribution < -0.4 is 11.1 Å². The van der Waals surface area contributed by atoms with Crippen LogP contribution in [0.4, 0.5) is 11.4 Å². The highest BCUT2D eigenvalue weighted by Crippen LogP contribution is 2.21. The molecule has 1 atom stereocenters. The molecule has 1 heterocycles. The van der Waals surface area contributed by atoms with Crippen molar-refractivity contribution in [3.8, 4) is 6.07 Å². The van der Waals surface area contributed by atoms with Gasteiger partial charge in [0, 0.05) is 17.9 Å². The van der Waals surface area contributed by atoms with Gasteiger partial charge in [-0.1, -0.05) is 12.1 Å². The van der Waals surface area contributed by atoms with E-state index in [0.717, 1.165) is 16.9 Å². The first kappa shape index (κ1) is 11.9. The van der Waals surface area contributed by atoms with Gasteiger partial charge in [-0.15, -0.1) is 0 Å². The van der Waals surface area contributed by atoms with E-state index in [-0.39, 0.29) is 6.04 Å². The topological polar surface area (TPSA) is 74.7 Å². The third kappa shape index (κ3) is 2.58. The van der Waals surface area contributed by atoms with E-state index in [1.807, 2.05) is 31.2 Å². The molecule has 0 saturated heterocycles. The zero-order valence-electron chi connectivity index (χ0n) is 10.1. The number of anilines is 2. The lowest BCUT2D eigenvalue weighted by Crippen LogP contribution is -2.08. The summed E-state index contributed by atoms with van der Waals surface area (Å²) in [4.78, 5) is 4.02. The van der Waals surface area contributed by atoms with Gasteiger partial charge < -0.3 is 11.1 Å². The Labute approximate surface area is 106 Å². The molecule has 1 aromatic carbocycles. The number of rotatable bonds is 3. The summed E-state index contributed by atoms with van der Waals surface area (Å²) >= 11 is 0. The average molecular weight is 238 g/mol. The number of nitrogens with two attached hydrogens (primary N) is 1. The van der Waals surface area contributed by atoms with Crippen LogP contribution in [-0.4, -0.2) is 4.98 Å². The third-order valence-electron chi connectivity index (χ3n) is 2.75. The summed E-state index contributed by atoms with van der Waals surface area (Å²) in [5, 5.41) is 12.3. The lowest BCUT2D eigenvalue weighted by molar-refractivity contribution is 0.882. The van der Waals surface area contributed by atoms with Crippen molar-refractivity contribution in [2.24, 2.45) is 0 Å². The molecule has 0 aliphatic rings. The molecule has 0 aliphatic heterocycles. The van der Waals surface area contributed by atoms with Crippen molar-refractivity contribution in [1.29, 1.82) is 5.26 Å². The van der Waals surface area contributed by atoms with Crippen LogP contribution >= 0.6 is 0 Å². The van der Waals surface area contributed by atoms with Crippen molar-refractivity contribution in [3.05, 3.63) is 53.9 Å². The van der Waals surface area contributed by atoms with Crippen LogP contribution in [0.3, 0.4) is 0 Å². The number of pyridine rings is 1. The van der Waals surface area contributed by atoms with Crippen molar-refractivity contribution >= 4 is 11.4 Å². The molecule has 90 valence electrons. The lowest BCUT2D eigenvalue weighted by atomic mass is 10.1. The van der Waals surface area contributed by atoms with Crippen molar-refractivity contribution in [3.63, 3.8) is 0 Å². The summed E-state index contributed by atoms with van der Waals surface area (Å²) in [5.41, 5.74) is 8.83. The minimum atomic E-state index is 0.0851. The van der Waals surface area contributed by atoms with E-state index in [9.17, 15) is 0 Å². The molecule has 0 aliphatic carbocycles. The zero-order valence-corrected chi connectivity index (χ0v) is 10.1. The molecule has 0 fully saturated rings. The van der Waals surface area contributed by atoms with Crippen LogP contribution in [0.15, 0.2) is 42.7 Å². The number of aromatic nitrogens is 1. The normalized spacial score (nSPS) is 11.6. The molecule has 0 radical (unpaired) electrons. The first-order valence-electron chi connectivity index (χ1n) is 5.67. The molecule has 1 unspecified atom stereocenters. The Balaban J connectivity index is 2.19. The third-order valence-corrected chi connectivity index (χ3v) is 2.75. The molecule has 2 rings (SSSR count). The van der Waals surface area contributed by atoms with Gasteiger partial charge in [0.15, 0.2) is 0 Å². The van der Waals surface area contributed by atoms with E-state index in [2.05, 4.69) is 16.4 Å². The van der Waals surface area contributed by atoms with Crippen molar-refractivity contribution in [2.75, 3.05) is 11.1 Å². The van der Waals surface area contributed by atoms with Crippen molar-refractivity contribution < 1.29 is 0 Å². The molecule has 0 saturated carbocycles. The number of nitrogens with one attached hydrogen (secondary N) is 1. The summed E-state index contributed by atoms with van der Waals surface area (Å²) in [6, 6.07) is 11.6. The number of nitrogens with zero attached hydrogens (tertiary/aromatic N) is 2. The Bertz CT molecular complexity index is 569. The summed E-state index contributed by atoms with van der Waals surface area (Å²) < 4.78 is 0. The molecule has 4 nitrogen and oxygen atoms in total. The van der Waals surface area contributed by atoms with Gasteiger partial charge in [0.25, 0.3) is 0 Å². The zero-order chi connectivity index (χ0) is 13.0. The quantitative estimate of drug-likeness (QED) is 0.806. The highest BCUT2D eigenvalue weighted by Gasteiger charge is 2.08. The highest BCUT2D eigenvalue weighted by molar-refractivity contribution is 5.56. The van der Waals surface area contributed by atoms with Gasteiger partial charge in [0.05, 0.1) is 17.4 Å². The fourth-order valence-corrected chi connectivity index (χ4v) is 1.71. The summed E-state index contributed by atoms with van der Waals surface area (Å²) in [7, 11) is 0. The smallest absolute Gasteiger partial charge is 0.101 e. The maximum Gasteiger partial charge on any atom is 0.101 e. The molecular formula is C14H14N4. The predicted molar refractivity (Wildman–Crippen MR) is 71.8 cm³/mol. The van der Waals surface area contributed by atoms with Gasteiger partial charge in [0.1, 0.15) is 6.07 Å². The number of hydrogen-bond acceptors (Lipinski definition) is 4. The second-order valence-electron chi connectivity index (χ2n) is 4.07. The fraction of sp³-hybridized carbons (Fsp3) is 0.143. The number of hydrogen-bond donors (Lipinski definition) is 2. The van der Waals surface area contributed by atoms with Crippen molar-refractivity contribution in [1.82, 2.24) is 4.98 Å². The molecule has 18 heavy (non-hydrogen) atoms. The Morgan fingerprint density at radius 2 is 2.00 bits per heavy atom. The first-order valence-corrected chi connectivity index (χ1v) is 5.67. The number of nitrogen functional groups attached to an aromatic ring is 1. The second kappa shape index (κ2) is 5.19. The molecule has 3 N–H and O–H groups in total. The number of nitriles is 1. The predicted octanol–water partition coefficient (Wildman–Crippen LogP) is 2.71. The van der Waals surface area contributed by atoms with E-state index in [1.54, 1.807) is 18.5 Å². The minimum absolute atomic E-state index is 0.0851. The molecule has 0 spiro atoms.